The first-order valence-corrected chi connectivity index (χ1v) is 11.1. The monoisotopic (exact) mass is 404 g/mol. The summed E-state index contributed by atoms with van der Waals surface area (Å²) in [7, 11) is 4.00. The molecule has 2 heterocycles. The van der Waals surface area contributed by atoms with Gasteiger partial charge in [-0.05, 0) is 63.1 Å². The third-order valence-corrected chi connectivity index (χ3v) is 6.39. The van der Waals surface area contributed by atoms with Crippen LogP contribution in [0.2, 0.25) is 0 Å². The maximum Gasteiger partial charge on any atom is 0.193 e. The van der Waals surface area contributed by atoms with Gasteiger partial charge in [0.2, 0.25) is 0 Å². The summed E-state index contributed by atoms with van der Waals surface area (Å²) in [6.07, 6.45) is 5.86. The predicted octanol–water partition coefficient (Wildman–Crippen LogP) is 3.36. The van der Waals surface area contributed by atoms with Crippen molar-refractivity contribution in [3.63, 3.8) is 0 Å². The minimum Gasteiger partial charge on any atom is -0.381 e. The van der Waals surface area contributed by atoms with Gasteiger partial charge >= 0.3 is 0 Å². The number of rotatable bonds is 7. The summed E-state index contributed by atoms with van der Waals surface area (Å²) in [6, 6.07) is 7.11. The lowest BCUT2D eigenvalue weighted by Gasteiger charge is -2.33. The molecule has 0 amide bonds. The molecular weight excluding hydrogens is 367 g/mol. The molecule has 1 N–H and O–H groups in total. The zero-order valence-electron chi connectivity index (χ0n) is 18.1. The Balaban J connectivity index is 1.35. The number of aliphatic imine (C=N–C) groups is 1. The smallest absolute Gasteiger partial charge is 0.193 e. The second-order valence-electron chi connectivity index (χ2n) is 8.51. The summed E-state index contributed by atoms with van der Waals surface area (Å²) in [5, 5.41) is 3.57. The molecule has 2 aliphatic heterocycles. The van der Waals surface area contributed by atoms with Crippen LogP contribution in [0.4, 0.5) is 4.39 Å². The first-order chi connectivity index (χ1) is 14.2. The highest BCUT2D eigenvalue weighted by Gasteiger charge is 2.21. The summed E-state index contributed by atoms with van der Waals surface area (Å²) >= 11 is 0. The molecule has 2 fully saturated rings. The van der Waals surface area contributed by atoms with Crippen molar-refractivity contribution in [3.05, 3.63) is 35.6 Å². The summed E-state index contributed by atoms with van der Waals surface area (Å²) in [6.45, 7) is 6.59. The lowest BCUT2D eigenvalue weighted by molar-refractivity contribution is 0.0625. The third kappa shape index (κ3) is 6.96. The molecule has 0 atom stereocenters. The number of nitrogens with zero attached hydrogens (tertiary/aromatic N) is 3. The number of nitrogens with one attached hydrogen (secondary N) is 1. The first kappa shape index (κ1) is 22.0. The zero-order chi connectivity index (χ0) is 20.5. The zero-order valence-corrected chi connectivity index (χ0v) is 18.1. The Morgan fingerprint density at radius 3 is 2.59 bits per heavy atom. The Morgan fingerprint density at radius 1 is 1.17 bits per heavy atom. The quantitative estimate of drug-likeness (QED) is 0.559. The predicted molar refractivity (Wildman–Crippen MR) is 117 cm³/mol. The van der Waals surface area contributed by atoms with Crippen LogP contribution in [-0.4, -0.2) is 69.2 Å². The molecule has 0 bridgehead atoms. The van der Waals surface area contributed by atoms with Gasteiger partial charge in [-0.25, -0.2) is 4.39 Å². The molecular formula is C23H37FN4O. The number of halogens is 1. The molecule has 29 heavy (non-hydrogen) atoms. The van der Waals surface area contributed by atoms with E-state index in [9.17, 15) is 4.39 Å². The van der Waals surface area contributed by atoms with Gasteiger partial charge in [-0.3, -0.25) is 9.89 Å². The van der Waals surface area contributed by atoms with Crippen LogP contribution in [0.25, 0.3) is 0 Å². The number of benzene rings is 1. The highest BCUT2D eigenvalue weighted by Crippen LogP contribution is 2.20. The number of hydrogen-bond acceptors (Lipinski definition) is 3. The van der Waals surface area contributed by atoms with Crippen molar-refractivity contribution in [1.82, 2.24) is 15.1 Å². The van der Waals surface area contributed by atoms with Gasteiger partial charge < -0.3 is 15.0 Å². The van der Waals surface area contributed by atoms with Crippen LogP contribution < -0.4 is 5.32 Å². The lowest BCUT2D eigenvalue weighted by atomic mass is 9.96. The molecule has 0 unspecified atom stereocenters. The molecule has 2 aliphatic rings. The van der Waals surface area contributed by atoms with Gasteiger partial charge in [0, 0.05) is 52.5 Å². The van der Waals surface area contributed by atoms with Crippen LogP contribution in [0, 0.1) is 17.7 Å². The fourth-order valence-electron chi connectivity index (χ4n) is 4.35. The molecule has 3 rings (SSSR count). The number of ether oxygens (including phenoxy) is 1. The number of hydrogen-bond donors (Lipinski definition) is 1. The van der Waals surface area contributed by atoms with Gasteiger partial charge in [0.1, 0.15) is 5.82 Å². The second-order valence-corrected chi connectivity index (χ2v) is 8.51. The van der Waals surface area contributed by atoms with E-state index in [2.05, 4.69) is 27.2 Å². The van der Waals surface area contributed by atoms with Crippen LogP contribution in [-0.2, 0) is 11.3 Å². The minimum atomic E-state index is -0.0936. The second kappa shape index (κ2) is 11.5. The average molecular weight is 405 g/mol. The number of likely N-dealkylation sites (tertiary alicyclic amines) is 1. The Labute approximate surface area is 175 Å². The van der Waals surface area contributed by atoms with E-state index < -0.39 is 0 Å². The Hall–Kier alpha value is -1.66. The summed E-state index contributed by atoms with van der Waals surface area (Å²) in [5.41, 5.74) is 0.802. The average Bonchev–Trinajstić information content (AvgIpc) is 2.76. The van der Waals surface area contributed by atoms with Crippen LogP contribution in [0.3, 0.4) is 0 Å². The van der Waals surface area contributed by atoms with Gasteiger partial charge in [0.15, 0.2) is 5.96 Å². The molecule has 0 aromatic heterocycles. The van der Waals surface area contributed by atoms with Crippen LogP contribution in [0.1, 0.15) is 37.7 Å². The van der Waals surface area contributed by atoms with E-state index in [0.717, 1.165) is 69.7 Å². The fraction of sp³-hybridized carbons (Fsp3) is 0.696. The first-order valence-electron chi connectivity index (χ1n) is 11.1. The van der Waals surface area contributed by atoms with Gasteiger partial charge in [-0.2, -0.15) is 0 Å². The van der Waals surface area contributed by atoms with Crippen LogP contribution in [0.15, 0.2) is 29.3 Å². The van der Waals surface area contributed by atoms with Crippen molar-refractivity contribution in [2.24, 2.45) is 16.8 Å². The molecule has 6 heteroatoms. The number of guanidine groups is 1. The molecule has 0 aliphatic carbocycles. The van der Waals surface area contributed by atoms with Gasteiger partial charge in [-0.15, -0.1) is 0 Å². The lowest BCUT2D eigenvalue weighted by Crippen LogP contribution is -2.44. The van der Waals surface area contributed by atoms with Crippen molar-refractivity contribution < 1.29 is 9.13 Å². The molecule has 5 nitrogen and oxygen atoms in total. The molecule has 0 saturated carbocycles. The normalized spacial score (nSPS) is 20.0. The SMILES string of the molecule is CN=C(NCC1CCN(Cc2ccccc2F)CC1)N(C)CCC1CCOCC1. The van der Waals surface area contributed by atoms with Gasteiger partial charge in [-0.1, -0.05) is 18.2 Å². The Morgan fingerprint density at radius 2 is 1.90 bits per heavy atom. The van der Waals surface area contributed by atoms with E-state index in [1.165, 1.54) is 19.3 Å². The minimum absolute atomic E-state index is 0.0936. The van der Waals surface area contributed by atoms with E-state index >= 15 is 0 Å². The van der Waals surface area contributed by atoms with E-state index in [1.807, 2.05) is 19.2 Å². The molecule has 0 radical (unpaired) electrons. The van der Waals surface area contributed by atoms with Crippen molar-refractivity contribution in [2.45, 2.75) is 38.6 Å². The standard InChI is InChI=1S/C23H37FN4O/c1-25-23(27(2)12-7-19-10-15-29-16-11-19)26-17-20-8-13-28(14-9-20)18-21-5-3-4-6-22(21)24/h3-6,19-20H,7-18H2,1-2H3,(H,25,26). The topological polar surface area (TPSA) is 40.1 Å². The highest BCUT2D eigenvalue weighted by atomic mass is 19.1. The van der Waals surface area contributed by atoms with E-state index in [-0.39, 0.29) is 5.82 Å². The molecule has 2 saturated heterocycles. The third-order valence-electron chi connectivity index (χ3n) is 6.39. The summed E-state index contributed by atoms with van der Waals surface area (Å²) in [4.78, 5) is 9.09. The maximum atomic E-state index is 13.9. The van der Waals surface area contributed by atoms with Crippen molar-refractivity contribution in [3.8, 4) is 0 Å². The largest absolute Gasteiger partial charge is 0.381 e. The van der Waals surface area contributed by atoms with Crippen molar-refractivity contribution in [2.75, 3.05) is 53.5 Å². The van der Waals surface area contributed by atoms with Crippen LogP contribution >= 0.6 is 0 Å². The van der Waals surface area contributed by atoms with Crippen molar-refractivity contribution >= 4 is 5.96 Å². The summed E-state index contributed by atoms with van der Waals surface area (Å²) in [5.74, 6) is 2.32. The molecule has 162 valence electrons. The van der Waals surface area contributed by atoms with E-state index in [1.54, 1.807) is 12.1 Å². The highest BCUT2D eigenvalue weighted by molar-refractivity contribution is 5.79. The van der Waals surface area contributed by atoms with Gasteiger partial charge in [0.25, 0.3) is 0 Å². The Bertz CT molecular complexity index is 640. The van der Waals surface area contributed by atoms with Gasteiger partial charge in [0.05, 0.1) is 0 Å². The van der Waals surface area contributed by atoms with Crippen molar-refractivity contribution in [1.29, 1.82) is 0 Å². The molecule has 1 aromatic rings. The fourth-order valence-corrected chi connectivity index (χ4v) is 4.35. The van der Waals surface area contributed by atoms with E-state index in [4.69, 9.17) is 4.74 Å². The Kier molecular flexibility index (Phi) is 8.74. The van der Waals surface area contributed by atoms with E-state index in [0.29, 0.717) is 12.5 Å². The maximum absolute atomic E-state index is 13.9. The van der Waals surface area contributed by atoms with Crippen LogP contribution in [0.5, 0.6) is 0 Å². The number of piperidine rings is 1. The molecule has 1 aromatic carbocycles. The summed E-state index contributed by atoms with van der Waals surface area (Å²) < 4.78 is 19.3. The molecule has 0 spiro atoms.